The van der Waals surface area contributed by atoms with Crippen molar-refractivity contribution in [3.63, 3.8) is 0 Å². The standard InChI is InChI=1S/C21H24N2O4/c1-26-19(27-2)13-22-12-17-16-10-6-7-11-18(16)23(20(17)21(24)25)14-15-8-4-3-5-9-15/h3-11,19,22H,12-14H2,1-2H3,(H,24,25). The van der Waals surface area contributed by atoms with Crippen LogP contribution in [0, 0.1) is 0 Å². The van der Waals surface area contributed by atoms with Gasteiger partial charge in [0.05, 0.1) is 0 Å². The number of ether oxygens (including phenoxy) is 2. The summed E-state index contributed by atoms with van der Waals surface area (Å²) in [6, 6.07) is 17.6. The van der Waals surface area contributed by atoms with E-state index in [4.69, 9.17) is 9.47 Å². The maximum atomic E-state index is 12.1. The second-order valence-corrected chi connectivity index (χ2v) is 6.25. The number of benzene rings is 2. The Morgan fingerprint density at radius 3 is 2.41 bits per heavy atom. The summed E-state index contributed by atoms with van der Waals surface area (Å²) in [5.74, 6) is -0.936. The van der Waals surface area contributed by atoms with Crippen molar-refractivity contribution in [1.29, 1.82) is 0 Å². The molecule has 6 nitrogen and oxygen atoms in total. The van der Waals surface area contributed by atoms with E-state index < -0.39 is 5.97 Å². The number of aromatic carboxylic acids is 1. The summed E-state index contributed by atoms with van der Waals surface area (Å²) in [7, 11) is 3.15. The Hall–Kier alpha value is -2.67. The van der Waals surface area contributed by atoms with Crippen molar-refractivity contribution in [1.82, 2.24) is 9.88 Å². The predicted octanol–water partition coefficient (Wildman–Crippen LogP) is 3.10. The van der Waals surface area contributed by atoms with Gasteiger partial charge in [0.1, 0.15) is 5.69 Å². The van der Waals surface area contributed by atoms with E-state index >= 15 is 0 Å². The van der Waals surface area contributed by atoms with E-state index in [1.807, 2.05) is 59.2 Å². The number of rotatable bonds is 9. The van der Waals surface area contributed by atoms with Crippen LogP contribution in [-0.4, -0.2) is 42.7 Å². The Kier molecular flexibility index (Phi) is 6.24. The molecule has 1 aromatic heterocycles. The van der Waals surface area contributed by atoms with Crippen LogP contribution in [-0.2, 0) is 22.6 Å². The van der Waals surface area contributed by atoms with Crippen molar-refractivity contribution in [2.24, 2.45) is 0 Å². The van der Waals surface area contributed by atoms with Crippen LogP contribution >= 0.6 is 0 Å². The molecule has 0 radical (unpaired) electrons. The van der Waals surface area contributed by atoms with Crippen LogP contribution in [0.2, 0.25) is 0 Å². The number of hydrogen-bond acceptors (Lipinski definition) is 4. The highest BCUT2D eigenvalue weighted by atomic mass is 16.7. The normalized spacial score (nSPS) is 11.4. The van der Waals surface area contributed by atoms with Crippen molar-refractivity contribution in [3.05, 3.63) is 71.4 Å². The second kappa shape index (κ2) is 8.81. The van der Waals surface area contributed by atoms with Crippen molar-refractivity contribution >= 4 is 16.9 Å². The van der Waals surface area contributed by atoms with Crippen molar-refractivity contribution in [2.45, 2.75) is 19.4 Å². The number of carboxylic acid groups (broad SMARTS) is 1. The van der Waals surface area contributed by atoms with Gasteiger partial charge in [-0.05, 0) is 11.6 Å². The molecule has 0 aliphatic heterocycles. The summed E-state index contributed by atoms with van der Waals surface area (Å²) in [6.45, 7) is 1.37. The zero-order valence-corrected chi connectivity index (χ0v) is 15.5. The lowest BCUT2D eigenvalue weighted by molar-refractivity contribution is -0.0988. The van der Waals surface area contributed by atoms with Gasteiger partial charge in [0, 0.05) is 50.3 Å². The number of fused-ring (bicyclic) bond motifs is 1. The second-order valence-electron chi connectivity index (χ2n) is 6.25. The van der Waals surface area contributed by atoms with E-state index in [1.165, 1.54) is 0 Å². The van der Waals surface area contributed by atoms with E-state index in [0.29, 0.717) is 25.3 Å². The van der Waals surface area contributed by atoms with Crippen LogP contribution in [0.5, 0.6) is 0 Å². The van der Waals surface area contributed by atoms with Gasteiger partial charge in [0.25, 0.3) is 0 Å². The number of nitrogens with one attached hydrogen (secondary N) is 1. The van der Waals surface area contributed by atoms with Gasteiger partial charge in [-0.1, -0.05) is 48.5 Å². The molecule has 0 amide bonds. The van der Waals surface area contributed by atoms with E-state index in [9.17, 15) is 9.90 Å². The summed E-state index contributed by atoms with van der Waals surface area (Å²) < 4.78 is 12.2. The molecule has 0 spiro atoms. The Morgan fingerprint density at radius 1 is 1.07 bits per heavy atom. The van der Waals surface area contributed by atoms with Crippen LogP contribution in [0.25, 0.3) is 10.9 Å². The topological polar surface area (TPSA) is 72.7 Å². The molecular weight excluding hydrogens is 344 g/mol. The third-order valence-corrected chi connectivity index (χ3v) is 4.60. The number of methoxy groups -OCH3 is 2. The minimum absolute atomic E-state index is 0.305. The molecular formula is C21H24N2O4. The molecule has 2 N–H and O–H groups in total. The number of para-hydroxylation sites is 1. The van der Waals surface area contributed by atoms with Gasteiger partial charge in [-0.25, -0.2) is 4.79 Å². The average Bonchev–Trinajstić information content (AvgIpc) is 3.00. The number of carboxylic acids is 1. The largest absolute Gasteiger partial charge is 0.477 e. The Morgan fingerprint density at radius 2 is 1.74 bits per heavy atom. The van der Waals surface area contributed by atoms with Gasteiger partial charge >= 0.3 is 5.97 Å². The van der Waals surface area contributed by atoms with E-state index in [1.54, 1.807) is 14.2 Å². The highest BCUT2D eigenvalue weighted by Crippen LogP contribution is 2.27. The van der Waals surface area contributed by atoms with E-state index in [-0.39, 0.29) is 6.29 Å². The zero-order chi connectivity index (χ0) is 19.2. The zero-order valence-electron chi connectivity index (χ0n) is 15.5. The quantitative estimate of drug-likeness (QED) is 0.568. The van der Waals surface area contributed by atoms with Crippen LogP contribution in [0.3, 0.4) is 0 Å². The summed E-state index contributed by atoms with van der Waals surface area (Å²) in [5.41, 5.74) is 3.03. The molecule has 0 bridgehead atoms. The number of hydrogen-bond donors (Lipinski definition) is 2. The molecule has 0 saturated heterocycles. The highest BCUT2D eigenvalue weighted by Gasteiger charge is 2.22. The van der Waals surface area contributed by atoms with Crippen LogP contribution in [0.4, 0.5) is 0 Å². The van der Waals surface area contributed by atoms with Gasteiger partial charge in [-0.2, -0.15) is 0 Å². The fourth-order valence-electron chi connectivity index (χ4n) is 3.31. The first-order valence-electron chi connectivity index (χ1n) is 8.79. The Balaban J connectivity index is 1.99. The maximum absolute atomic E-state index is 12.1. The first-order valence-corrected chi connectivity index (χ1v) is 8.79. The van der Waals surface area contributed by atoms with Crippen LogP contribution < -0.4 is 5.32 Å². The number of carbonyl (C=O) groups is 1. The fourth-order valence-corrected chi connectivity index (χ4v) is 3.31. The monoisotopic (exact) mass is 368 g/mol. The van der Waals surface area contributed by atoms with Gasteiger partial charge in [0.2, 0.25) is 0 Å². The third kappa shape index (κ3) is 4.19. The number of aromatic nitrogens is 1. The maximum Gasteiger partial charge on any atom is 0.352 e. The molecule has 3 aromatic rings. The van der Waals surface area contributed by atoms with E-state index in [2.05, 4.69) is 5.32 Å². The van der Waals surface area contributed by atoms with Gasteiger partial charge in [-0.15, -0.1) is 0 Å². The highest BCUT2D eigenvalue weighted by molar-refractivity contribution is 5.98. The van der Waals surface area contributed by atoms with Crippen LogP contribution in [0.15, 0.2) is 54.6 Å². The van der Waals surface area contributed by atoms with Gasteiger partial charge < -0.3 is 24.5 Å². The number of nitrogens with zero attached hydrogens (tertiary/aromatic N) is 1. The first kappa shape index (κ1) is 19.1. The average molecular weight is 368 g/mol. The molecule has 142 valence electrons. The Bertz CT molecular complexity index is 901. The van der Waals surface area contributed by atoms with Crippen molar-refractivity contribution in [3.8, 4) is 0 Å². The molecule has 2 aromatic carbocycles. The molecule has 0 unspecified atom stereocenters. The Labute approximate surface area is 158 Å². The molecule has 6 heteroatoms. The lowest BCUT2D eigenvalue weighted by Gasteiger charge is -2.14. The summed E-state index contributed by atoms with van der Waals surface area (Å²) in [6.07, 6.45) is -0.379. The van der Waals surface area contributed by atoms with Gasteiger partial charge in [0.15, 0.2) is 6.29 Å². The van der Waals surface area contributed by atoms with Crippen LogP contribution in [0.1, 0.15) is 21.6 Å². The molecule has 0 atom stereocenters. The molecule has 0 aliphatic rings. The molecule has 0 fully saturated rings. The molecule has 3 rings (SSSR count). The fraction of sp³-hybridized carbons (Fsp3) is 0.286. The minimum Gasteiger partial charge on any atom is -0.477 e. The smallest absolute Gasteiger partial charge is 0.352 e. The van der Waals surface area contributed by atoms with Crippen molar-refractivity contribution in [2.75, 3.05) is 20.8 Å². The SMILES string of the molecule is COC(CNCc1c(C(=O)O)n(Cc2ccccc2)c2ccccc12)OC. The van der Waals surface area contributed by atoms with Crippen molar-refractivity contribution < 1.29 is 19.4 Å². The van der Waals surface area contributed by atoms with Gasteiger partial charge in [-0.3, -0.25) is 0 Å². The first-order chi connectivity index (χ1) is 13.2. The third-order valence-electron chi connectivity index (χ3n) is 4.60. The molecule has 1 heterocycles. The molecule has 0 aliphatic carbocycles. The minimum atomic E-state index is -0.936. The molecule has 0 saturated carbocycles. The summed E-state index contributed by atoms with van der Waals surface area (Å²) >= 11 is 0. The predicted molar refractivity (Wildman–Crippen MR) is 104 cm³/mol. The summed E-state index contributed by atoms with van der Waals surface area (Å²) in [4.78, 5) is 12.1. The lowest BCUT2D eigenvalue weighted by Crippen LogP contribution is -2.29. The molecule has 27 heavy (non-hydrogen) atoms. The lowest BCUT2D eigenvalue weighted by atomic mass is 10.1. The van der Waals surface area contributed by atoms with E-state index in [0.717, 1.165) is 22.0 Å². The summed E-state index contributed by atoms with van der Waals surface area (Å²) in [5, 5.41) is 14.1.